The normalized spacial score (nSPS) is 14.4. The van der Waals surface area contributed by atoms with Gasteiger partial charge in [-0.3, -0.25) is 24.4 Å². The number of carbonyl (C=O) groups is 3. The Labute approximate surface area is 304 Å². The Morgan fingerprint density at radius 3 is 2.55 bits per heavy atom. The summed E-state index contributed by atoms with van der Waals surface area (Å²) in [5.74, 6) is -0.696. The number of aromatic nitrogens is 5. The minimum Gasteiger partial charge on any atom is -0.438 e. The highest BCUT2D eigenvalue weighted by Crippen LogP contribution is 2.44. The van der Waals surface area contributed by atoms with E-state index in [1.54, 1.807) is 49.0 Å². The third-order valence-corrected chi connectivity index (χ3v) is 8.27. The summed E-state index contributed by atoms with van der Waals surface area (Å²) in [5, 5.41) is 9.68. The number of ether oxygens (including phenoxy) is 1. The lowest BCUT2D eigenvalue weighted by atomic mass is 9.87. The minimum atomic E-state index is -0.934. The average Bonchev–Trinajstić information content (AvgIpc) is 3.74. The Bertz CT molecular complexity index is 2220. The standard InChI is InChI=1S/C38H38FN9O5/c1-23(2)48(31-14-9-27(39)17-40-31)20-30(35(50)43-22-49)36(51)45-28-10-12-29(13-11-28)52-37-33-32(25-8-6-7-24(15-25)18-46(3)4)34(26-16-44-47(5)19-26)53-38(33)42-21-41-37/h6-7,9-17,19-23,25H,8,18H2,1-5H3,(H,45,51)(H,43,49,50)/b30-20+. The summed E-state index contributed by atoms with van der Waals surface area (Å²) < 4.78 is 28.0. The van der Waals surface area contributed by atoms with Crippen molar-refractivity contribution in [3.63, 3.8) is 0 Å². The van der Waals surface area contributed by atoms with E-state index < -0.39 is 17.6 Å². The molecule has 1 atom stereocenters. The Kier molecular flexibility index (Phi) is 10.8. The predicted molar refractivity (Wildman–Crippen MR) is 196 cm³/mol. The number of likely N-dealkylation sites (N-methyl/N-ethyl adjacent to an activating group) is 1. The SMILES string of the molecule is CC(C)N(/C=C(\C(=O)NC=O)C(=O)Nc1ccc(Oc2ncnc3oc(-c4cnn(C)c4)c(C4C=C(CN(C)C)C=CC4)c23)cc1)c1ccc(F)cn1. The van der Waals surface area contributed by atoms with Crippen LogP contribution in [0.15, 0.2) is 101 Å². The van der Waals surface area contributed by atoms with E-state index in [0.29, 0.717) is 34.1 Å². The number of halogens is 1. The number of imide groups is 1. The van der Waals surface area contributed by atoms with E-state index >= 15 is 0 Å². The zero-order valence-corrected chi connectivity index (χ0v) is 29.8. The van der Waals surface area contributed by atoms with Gasteiger partial charge in [0.15, 0.2) is 0 Å². The molecule has 53 heavy (non-hydrogen) atoms. The summed E-state index contributed by atoms with van der Waals surface area (Å²) in [7, 11) is 5.89. The van der Waals surface area contributed by atoms with E-state index in [1.165, 1.54) is 35.1 Å². The van der Waals surface area contributed by atoms with Crippen molar-refractivity contribution >= 4 is 40.8 Å². The fraction of sp³-hybridized carbons (Fsp3) is 0.237. The lowest BCUT2D eigenvalue weighted by Crippen LogP contribution is -2.34. The second-order valence-electron chi connectivity index (χ2n) is 12.9. The first-order valence-corrected chi connectivity index (χ1v) is 16.7. The first-order chi connectivity index (χ1) is 25.5. The summed E-state index contributed by atoms with van der Waals surface area (Å²) in [6.45, 7) is 4.38. The fourth-order valence-corrected chi connectivity index (χ4v) is 5.94. The number of hydrogen-bond donors (Lipinski definition) is 2. The van der Waals surface area contributed by atoms with Crippen LogP contribution in [0.2, 0.25) is 0 Å². The third-order valence-electron chi connectivity index (χ3n) is 8.27. The van der Waals surface area contributed by atoms with Crippen LogP contribution in [0.4, 0.5) is 15.9 Å². The smallest absolute Gasteiger partial charge is 0.264 e. The molecule has 15 heteroatoms. The number of anilines is 2. The molecule has 5 aromatic rings. The molecule has 3 amide bonds. The molecule has 0 aliphatic heterocycles. The van der Waals surface area contributed by atoms with Gasteiger partial charge in [0.1, 0.15) is 40.4 Å². The molecule has 0 fully saturated rings. The van der Waals surface area contributed by atoms with Gasteiger partial charge in [0.05, 0.1) is 18.0 Å². The summed E-state index contributed by atoms with van der Waals surface area (Å²) in [6.07, 6.45) is 14.7. The number of rotatable bonds is 13. The Morgan fingerprint density at radius 1 is 1.09 bits per heavy atom. The number of hydrogen-bond acceptors (Lipinski definition) is 11. The molecular weight excluding hydrogens is 681 g/mol. The number of amides is 3. The molecule has 2 N–H and O–H groups in total. The van der Waals surface area contributed by atoms with Crippen molar-refractivity contribution in [2.24, 2.45) is 7.05 Å². The van der Waals surface area contributed by atoms with E-state index in [0.717, 1.165) is 30.3 Å². The highest BCUT2D eigenvalue weighted by Gasteiger charge is 2.29. The van der Waals surface area contributed by atoms with Crippen LogP contribution in [0.3, 0.4) is 0 Å². The summed E-state index contributed by atoms with van der Waals surface area (Å²) in [4.78, 5) is 54.1. The Morgan fingerprint density at radius 2 is 1.89 bits per heavy atom. The highest BCUT2D eigenvalue weighted by atomic mass is 19.1. The number of allylic oxidation sites excluding steroid dienone is 2. The van der Waals surface area contributed by atoms with E-state index in [4.69, 9.17) is 9.15 Å². The second-order valence-corrected chi connectivity index (χ2v) is 12.9. The molecule has 4 aromatic heterocycles. The van der Waals surface area contributed by atoms with Crippen molar-refractivity contribution in [2.75, 3.05) is 30.9 Å². The quantitative estimate of drug-likeness (QED) is 0.0686. The van der Waals surface area contributed by atoms with E-state index in [9.17, 15) is 18.8 Å². The van der Waals surface area contributed by atoms with Gasteiger partial charge in [0.2, 0.25) is 18.0 Å². The van der Waals surface area contributed by atoms with Gasteiger partial charge in [-0.05, 0) is 76.3 Å². The lowest BCUT2D eigenvalue weighted by molar-refractivity contribution is -0.124. The van der Waals surface area contributed by atoms with E-state index in [2.05, 4.69) is 48.5 Å². The maximum atomic E-state index is 13.5. The largest absolute Gasteiger partial charge is 0.438 e. The number of benzene rings is 1. The monoisotopic (exact) mass is 719 g/mol. The van der Waals surface area contributed by atoms with Crippen molar-refractivity contribution in [1.29, 1.82) is 0 Å². The second kappa shape index (κ2) is 15.8. The van der Waals surface area contributed by atoms with E-state index in [1.807, 2.05) is 32.7 Å². The molecule has 4 heterocycles. The van der Waals surface area contributed by atoms with E-state index in [-0.39, 0.29) is 29.8 Å². The maximum absolute atomic E-state index is 13.5. The zero-order chi connectivity index (χ0) is 37.6. The molecule has 0 spiro atoms. The van der Waals surface area contributed by atoms with Crippen LogP contribution in [0.25, 0.3) is 22.4 Å². The number of pyridine rings is 1. The molecule has 1 aliphatic rings. The summed E-state index contributed by atoms with van der Waals surface area (Å²) >= 11 is 0. The minimum absolute atomic E-state index is 0.0542. The average molecular weight is 720 g/mol. The molecule has 0 bridgehead atoms. The zero-order valence-electron chi connectivity index (χ0n) is 29.8. The lowest BCUT2D eigenvalue weighted by Gasteiger charge is -2.25. The van der Waals surface area contributed by atoms with Gasteiger partial charge in [-0.1, -0.05) is 18.2 Å². The van der Waals surface area contributed by atoms with Crippen molar-refractivity contribution in [3.8, 4) is 23.0 Å². The van der Waals surface area contributed by atoms with Gasteiger partial charge in [-0.25, -0.2) is 19.3 Å². The number of furan rings is 1. The van der Waals surface area contributed by atoms with Crippen molar-refractivity contribution in [2.45, 2.75) is 32.2 Å². The third kappa shape index (κ3) is 8.37. The molecule has 14 nitrogen and oxygen atoms in total. The number of fused-ring (bicyclic) bond motifs is 1. The number of nitrogens with one attached hydrogen (secondary N) is 2. The number of nitrogens with zero attached hydrogens (tertiary/aromatic N) is 7. The molecule has 1 aliphatic carbocycles. The van der Waals surface area contributed by atoms with Gasteiger partial charge >= 0.3 is 0 Å². The van der Waals surface area contributed by atoms with Crippen LogP contribution >= 0.6 is 0 Å². The van der Waals surface area contributed by atoms with Gasteiger partial charge in [0, 0.05) is 49.2 Å². The molecule has 0 saturated carbocycles. The van der Waals surface area contributed by atoms with Gasteiger partial charge in [-0.15, -0.1) is 0 Å². The van der Waals surface area contributed by atoms with Crippen LogP contribution in [0.5, 0.6) is 11.6 Å². The molecular formula is C38H38FN9O5. The summed E-state index contributed by atoms with van der Waals surface area (Å²) in [5.41, 5.74) is 3.17. The predicted octanol–water partition coefficient (Wildman–Crippen LogP) is 5.49. The first-order valence-electron chi connectivity index (χ1n) is 16.7. The van der Waals surface area contributed by atoms with Crippen LogP contribution in [0.1, 0.15) is 31.7 Å². The summed E-state index contributed by atoms with van der Waals surface area (Å²) in [6, 6.07) is 8.83. The van der Waals surface area contributed by atoms with Crippen LogP contribution < -0.4 is 20.3 Å². The molecule has 1 aromatic carbocycles. The van der Waals surface area contributed by atoms with Crippen LogP contribution in [-0.4, -0.2) is 74.5 Å². The molecule has 1 unspecified atom stereocenters. The number of aryl methyl sites for hydroxylation is 1. The van der Waals surface area contributed by atoms with Crippen molar-refractivity contribution < 1.29 is 27.9 Å². The topological polar surface area (TPSA) is 161 Å². The first kappa shape index (κ1) is 36.3. The van der Waals surface area contributed by atoms with Crippen molar-refractivity contribution in [1.82, 2.24) is 34.9 Å². The maximum Gasteiger partial charge on any atom is 0.264 e. The Balaban J connectivity index is 1.29. The molecule has 272 valence electrons. The van der Waals surface area contributed by atoms with Gasteiger partial charge in [0.25, 0.3) is 11.8 Å². The molecule has 0 radical (unpaired) electrons. The van der Waals surface area contributed by atoms with Crippen molar-refractivity contribution in [3.05, 3.63) is 108 Å². The molecule has 0 saturated heterocycles. The Hall–Kier alpha value is -6.48. The van der Waals surface area contributed by atoms with Crippen LogP contribution in [-0.2, 0) is 21.4 Å². The van der Waals surface area contributed by atoms with Crippen LogP contribution in [0, 0.1) is 5.82 Å². The number of carbonyl (C=O) groups excluding carboxylic acids is 3. The molecule has 6 rings (SSSR count). The highest BCUT2D eigenvalue weighted by molar-refractivity contribution is 6.24. The van der Waals surface area contributed by atoms with Gasteiger partial charge in [-0.2, -0.15) is 5.10 Å². The fourth-order valence-electron chi connectivity index (χ4n) is 5.94. The van der Waals surface area contributed by atoms with Gasteiger partial charge < -0.3 is 24.3 Å².